The summed E-state index contributed by atoms with van der Waals surface area (Å²) in [6.07, 6.45) is 0.368. The minimum absolute atomic E-state index is 0.0230. The third kappa shape index (κ3) is 4.41. The molecule has 1 N–H and O–H groups in total. The molecule has 1 aliphatic heterocycles. The van der Waals surface area contributed by atoms with Crippen molar-refractivity contribution in [1.82, 2.24) is 5.32 Å². The van der Waals surface area contributed by atoms with Gasteiger partial charge in [-0.3, -0.25) is 4.79 Å². The molecule has 0 spiro atoms. The van der Waals surface area contributed by atoms with Crippen molar-refractivity contribution in [3.63, 3.8) is 0 Å². The largest absolute Gasteiger partial charge is 0.494 e. The van der Waals surface area contributed by atoms with Gasteiger partial charge in [0.05, 0.1) is 18.1 Å². The lowest BCUT2D eigenvalue weighted by Gasteiger charge is -2.10. The number of carbonyl (C=O) groups excluding carboxylic acids is 2. The van der Waals surface area contributed by atoms with Crippen molar-refractivity contribution in [2.45, 2.75) is 26.3 Å². The number of fused-ring (bicyclic) bond motifs is 1. The fourth-order valence-electron chi connectivity index (χ4n) is 3.03. The predicted octanol–water partition coefficient (Wildman–Crippen LogP) is 1.60. The van der Waals surface area contributed by atoms with Gasteiger partial charge in [0.2, 0.25) is 5.76 Å². The number of hydrogen-bond donors (Lipinski definition) is 1. The molecule has 1 saturated heterocycles. The fourth-order valence-corrected chi connectivity index (χ4v) is 4.70. The highest BCUT2D eigenvalue weighted by Gasteiger charge is 2.29. The Morgan fingerprint density at radius 2 is 2.11 bits per heavy atom. The van der Waals surface area contributed by atoms with Gasteiger partial charge in [-0.05, 0) is 38.5 Å². The molecule has 27 heavy (non-hydrogen) atoms. The molecule has 2 heterocycles. The Morgan fingerprint density at radius 3 is 2.78 bits per heavy atom. The first kappa shape index (κ1) is 19.2. The van der Waals surface area contributed by atoms with Crippen molar-refractivity contribution in [2.24, 2.45) is 0 Å². The minimum Gasteiger partial charge on any atom is -0.494 e. The molecule has 0 unspecified atom stereocenters. The second-order valence-corrected chi connectivity index (χ2v) is 8.62. The summed E-state index contributed by atoms with van der Waals surface area (Å²) in [5, 5.41) is 3.29. The zero-order chi connectivity index (χ0) is 19.6. The number of carbonyl (C=O) groups is 2. The third-order valence-electron chi connectivity index (χ3n) is 4.34. The summed E-state index contributed by atoms with van der Waals surface area (Å²) in [4.78, 5) is 24.2. The number of rotatable bonds is 6. The van der Waals surface area contributed by atoms with E-state index in [1.165, 1.54) is 0 Å². The number of sulfone groups is 1. The molecule has 0 bridgehead atoms. The zero-order valence-electron chi connectivity index (χ0n) is 15.1. The van der Waals surface area contributed by atoms with E-state index in [0.29, 0.717) is 29.9 Å². The second kappa shape index (κ2) is 7.59. The summed E-state index contributed by atoms with van der Waals surface area (Å²) in [5.74, 6) is -0.639. The summed E-state index contributed by atoms with van der Waals surface area (Å²) in [7, 11) is -3.09. The number of ether oxygens (including phenoxy) is 2. The van der Waals surface area contributed by atoms with Crippen LogP contribution in [0.25, 0.3) is 11.0 Å². The maximum absolute atomic E-state index is 12.3. The maximum atomic E-state index is 12.3. The predicted molar refractivity (Wildman–Crippen MR) is 97.6 cm³/mol. The molecule has 1 aromatic heterocycles. The van der Waals surface area contributed by atoms with Crippen molar-refractivity contribution < 1.29 is 31.9 Å². The van der Waals surface area contributed by atoms with E-state index < -0.39 is 34.4 Å². The molecular weight excluding hydrogens is 374 g/mol. The minimum atomic E-state index is -3.09. The SMILES string of the molecule is CCOc1ccc2oc(C(=O)OCC(=O)N[C@@H]3CCS(=O)(=O)C3)c(C)c2c1. The van der Waals surface area contributed by atoms with Crippen LogP contribution in [0.2, 0.25) is 0 Å². The average molecular weight is 395 g/mol. The van der Waals surface area contributed by atoms with Crippen molar-refractivity contribution in [1.29, 1.82) is 0 Å². The van der Waals surface area contributed by atoms with Crippen LogP contribution in [-0.2, 0) is 19.4 Å². The number of aryl methyl sites for hydroxylation is 1. The van der Waals surface area contributed by atoms with E-state index in [1.54, 1.807) is 25.1 Å². The standard InChI is InChI=1S/C18H21NO7S/c1-3-24-13-4-5-15-14(8-13)11(2)17(26-15)18(21)25-9-16(20)19-12-6-7-27(22,23)10-12/h4-5,8,12H,3,6-7,9-10H2,1-2H3,(H,19,20)/t12-/m1/s1. The van der Waals surface area contributed by atoms with Gasteiger partial charge in [0, 0.05) is 17.0 Å². The van der Waals surface area contributed by atoms with E-state index in [0.717, 1.165) is 5.39 Å². The first-order valence-electron chi connectivity index (χ1n) is 8.62. The van der Waals surface area contributed by atoms with E-state index in [1.807, 2.05) is 6.92 Å². The summed E-state index contributed by atoms with van der Waals surface area (Å²) in [6.45, 7) is 3.62. The number of hydrogen-bond acceptors (Lipinski definition) is 7. The molecule has 1 atom stereocenters. The molecular formula is C18H21NO7S. The van der Waals surface area contributed by atoms with Gasteiger partial charge in [-0.1, -0.05) is 0 Å². The van der Waals surface area contributed by atoms with E-state index in [-0.39, 0.29) is 17.3 Å². The normalized spacial score (nSPS) is 18.4. The van der Waals surface area contributed by atoms with Crippen LogP contribution < -0.4 is 10.1 Å². The Kier molecular flexibility index (Phi) is 5.41. The summed E-state index contributed by atoms with van der Waals surface area (Å²) >= 11 is 0. The molecule has 3 rings (SSSR count). The van der Waals surface area contributed by atoms with Crippen LogP contribution in [0.15, 0.2) is 22.6 Å². The molecule has 146 valence electrons. The fraction of sp³-hybridized carbons (Fsp3) is 0.444. The van der Waals surface area contributed by atoms with Crippen LogP contribution in [0.3, 0.4) is 0 Å². The molecule has 8 nitrogen and oxygen atoms in total. The molecule has 1 fully saturated rings. The van der Waals surface area contributed by atoms with E-state index in [2.05, 4.69) is 5.32 Å². The van der Waals surface area contributed by atoms with Gasteiger partial charge in [0.15, 0.2) is 16.4 Å². The topological polar surface area (TPSA) is 112 Å². The van der Waals surface area contributed by atoms with Gasteiger partial charge in [0.25, 0.3) is 5.91 Å². The zero-order valence-corrected chi connectivity index (χ0v) is 15.9. The van der Waals surface area contributed by atoms with Gasteiger partial charge < -0.3 is 19.2 Å². The summed E-state index contributed by atoms with van der Waals surface area (Å²) in [6, 6.07) is 4.79. The highest BCUT2D eigenvalue weighted by molar-refractivity contribution is 7.91. The van der Waals surface area contributed by atoms with Crippen LogP contribution >= 0.6 is 0 Å². The summed E-state index contributed by atoms with van der Waals surface area (Å²) < 4.78 is 38.8. The number of amides is 1. The van der Waals surface area contributed by atoms with E-state index in [9.17, 15) is 18.0 Å². The highest BCUT2D eigenvalue weighted by atomic mass is 32.2. The quantitative estimate of drug-likeness (QED) is 0.739. The second-order valence-electron chi connectivity index (χ2n) is 6.39. The molecule has 1 amide bonds. The molecule has 1 aliphatic rings. The Hall–Kier alpha value is -2.55. The van der Waals surface area contributed by atoms with Crippen molar-refractivity contribution in [2.75, 3.05) is 24.7 Å². The van der Waals surface area contributed by atoms with Gasteiger partial charge in [-0.15, -0.1) is 0 Å². The Labute approximate surface area is 156 Å². The first-order chi connectivity index (χ1) is 12.8. The highest BCUT2D eigenvalue weighted by Crippen LogP contribution is 2.29. The Bertz CT molecular complexity index is 977. The lowest BCUT2D eigenvalue weighted by atomic mass is 10.1. The third-order valence-corrected chi connectivity index (χ3v) is 6.10. The maximum Gasteiger partial charge on any atom is 0.375 e. The van der Waals surface area contributed by atoms with Crippen molar-refractivity contribution in [3.8, 4) is 5.75 Å². The van der Waals surface area contributed by atoms with Gasteiger partial charge in [0.1, 0.15) is 11.3 Å². The smallest absolute Gasteiger partial charge is 0.375 e. The molecule has 9 heteroatoms. The van der Waals surface area contributed by atoms with Crippen LogP contribution in [0.5, 0.6) is 5.75 Å². The number of furan rings is 1. The lowest BCUT2D eigenvalue weighted by molar-refractivity contribution is -0.124. The molecule has 2 aromatic rings. The average Bonchev–Trinajstić information content (AvgIpc) is 3.12. The molecule has 0 radical (unpaired) electrons. The van der Waals surface area contributed by atoms with Crippen LogP contribution in [0.1, 0.15) is 29.5 Å². The Balaban J connectivity index is 1.62. The van der Waals surface area contributed by atoms with Gasteiger partial charge in [-0.25, -0.2) is 13.2 Å². The number of esters is 1. The van der Waals surface area contributed by atoms with Gasteiger partial charge >= 0.3 is 5.97 Å². The van der Waals surface area contributed by atoms with Gasteiger partial charge in [-0.2, -0.15) is 0 Å². The molecule has 0 saturated carbocycles. The number of nitrogens with one attached hydrogen (secondary N) is 1. The van der Waals surface area contributed by atoms with Crippen LogP contribution in [0.4, 0.5) is 0 Å². The molecule has 1 aromatic carbocycles. The number of benzene rings is 1. The summed E-state index contributed by atoms with van der Waals surface area (Å²) in [5.41, 5.74) is 1.11. The van der Waals surface area contributed by atoms with E-state index >= 15 is 0 Å². The van der Waals surface area contributed by atoms with E-state index in [4.69, 9.17) is 13.9 Å². The van der Waals surface area contributed by atoms with Crippen LogP contribution in [-0.4, -0.2) is 51.1 Å². The monoisotopic (exact) mass is 395 g/mol. The lowest BCUT2D eigenvalue weighted by Crippen LogP contribution is -2.38. The van der Waals surface area contributed by atoms with Crippen molar-refractivity contribution >= 4 is 32.7 Å². The Morgan fingerprint density at radius 1 is 1.33 bits per heavy atom. The van der Waals surface area contributed by atoms with Crippen molar-refractivity contribution in [3.05, 3.63) is 29.5 Å². The van der Waals surface area contributed by atoms with Crippen LogP contribution in [0, 0.1) is 6.92 Å². The molecule has 0 aliphatic carbocycles. The first-order valence-corrected chi connectivity index (χ1v) is 10.4.